The molecule has 3 rings (SSSR count). The summed E-state index contributed by atoms with van der Waals surface area (Å²) in [6.45, 7) is 6.95. The van der Waals surface area contributed by atoms with Crippen molar-refractivity contribution >= 4 is 6.09 Å². The van der Waals surface area contributed by atoms with Crippen molar-refractivity contribution in [2.75, 3.05) is 13.1 Å². The van der Waals surface area contributed by atoms with Gasteiger partial charge in [0.25, 0.3) is 0 Å². The first-order valence-electron chi connectivity index (χ1n) is 7.84. The number of halogens is 1. The highest BCUT2D eigenvalue weighted by Crippen LogP contribution is 2.32. The Labute approximate surface area is 130 Å². The molecule has 0 aromatic heterocycles. The van der Waals surface area contributed by atoms with E-state index < -0.39 is 5.60 Å². The molecule has 1 heterocycles. The van der Waals surface area contributed by atoms with E-state index in [1.54, 1.807) is 11.0 Å². The zero-order chi connectivity index (χ0) is 15.9. The molecule has 1 aromatic carbocycles. The van der Waals surface area contributed by atoms with Crippen LogP contribution in [-0.4, -0.2) is 35.7 Å². The van der Waals surface area contributed by atoms with Crippen molar-refractivity contribution in [2.24, 2.45) is 0 Å². The van der Waals surface area contributed by atoms with Gasteiger partial charge < -0.3 is 15.0 Å². The van der Waals surface area contributed by atoms with Crippen LogP contribution in [0.4, 0.5) is 9.18 Å². The van der Waals surface area contributed by atoms with Crippen LogP contribution in [0.3, 0.4) is 0 Å². The Kier molecular flexibility index (Phi) is 3.85. The maximum atomic E-state index is 13.2. The molecule has 1 aliphatic carbocycles. The highest BCUT2D eigenvalue weighted by Gasteiger charge is 2.36. The van der Waals surface area contributed by atoms with E-state index in [1.165, 1.54) is 11.6 Å². The average molecular weight is 306 g/mol. The van der Waals surface area contributed by atoms with Gasteiger partial charge in [0.2, 0.25) is 0 Å². The number of nitrogens with one attached hydrogen (secondary N) is 1. The first kappa shape index (κ1) is 15.3. The first-order valence-corrected chi connectivity index (χ1v) is 7.84. The van der Waals surface area contributed by atoms with E-state index in [0.29, 0.717) is 13.1 Å². The molecular formula is C17H23FN2O2. The molecule has 0 radical (unpaired) electrons. The third-order valence-electron chi connectivity index (χ3n) is 4.15. The second-order valence-electron chi connectivity index (χ2n) is 7.18. The van der Waals surface area contributed by atoms with Crippen LogP contribution in [0, 0.1) is 5.82 Å². The van der Waals surface area contributed by atoms with Crippen LogP contribution in [0.1, 0.15) is 44.4 Å². The van der Waals surface area contributed by atoms with Gasteiger partial charge in [0.05, 0.1) is 0 Å². The van der Waals surface area contributed by atoms with Crippen LogP contribution in [0.2, 0.25) is 0 Å². The van der Waals surface area contributed by atoms with Gasteiger partial charge in [-0.25, -0.2) is 9.18 Å². The number of hydrogen-bond acceptors (Lipinski definition) is 3. The van der Waals surface area contributed by atoms with Crippen molar-refractivity contribution in [1.29, 1.82) is 0 Å². The van der Waals surface area contributed by atoms with E-state index >= 15 is 0 Å². The van der Waals surface area contributed by atoms with Crippen LogP contribution in [-0.2, 0) is 11.2 Å². The van der Waals surface area contributed by atoms with Crippen molar-refractivity contribution < 1.29 is 13.9 Å². The smallest absolute Gasteiger partial charge is 0.410 e. The SMILES string of the molecule is CC(C)(C)OC(=O)N1CC(NC2CCc3cc(F)ccc32)C1. The van der Waals surface area contributed by atoms with Gasteiger partial charge in [0.1, 0.15) is 11.4 Å². The summed E-state index contributed by atoms with van der Waals surface area (Å²) >= 11 is 0. The fourth-order valence-corrected chi connectivity index (χ4v) is 3.10. The number of carbonyl (C=O) groups is 1. The van der Waals surface area contributed by atoms with E-state index in [0.717, 1.165) is 18.4 Å². The molecule has 1 unspecified atom stereocenters. The molecule has 1 aliphatic heterocycles. The zero-order valence-electron chi connectivity index (χ0n) is 13.4. The largest absolute Gasteiger partial charge is 0.444 e. The van der Waals surface area contributed by atoms with E-state index in [9.17, 15) is 9.18 Å². The van der Waals surface area contributed by atoms with E-state index in [2.05, 4.69) is 5.32 Å². The summed E-state index contributed by atoms with van der Waals surface area (Å²) in [5.41, 5.74) is 1.84. The molecule has 1 fully saturated rings. The van der Waals surface area contributed by atoms with Crippen LogP contribution in [0.25, 0.3) is 0 Å². The van der Waals surface area contributed by atoms with Crippen molar-refractivity contribution in [1.82, 2.24) is 10.2 Å². The van der Waals surface area contributed by atoms with Gasteiger partial charge in [0.15, 0.2) is 0 Å². The fourth-order valence-electron chi connectivity index (χ4n) is 3.10. The van der Waals surface area contributed by atoms with Gasteiger partial charge >= 0.3 is 6.09 Å². The van der Waals surface area contributed by atoms with Crippen LogP contribution >= 0.6 is 0 Å². The molecule has 0 bridgehead atoms. The van der Waals surface area contributed by atoms with Crippen molar-refractivity contribution in [2.45, 2.75) is 51.3 Å². The number of hydrogen-bond donors (Lipinski definition) is 1. The summed E-state index contributed by atoms with van der Waals surface area (Å²) in [4.78, 5) is 13.6. The molecule has 1 amide bonds. The summed E-state index contributed by atoms with van der Waals surface area (Å²) < 4.78 is 18.6. The molecule has 1 saturated heterocycles. The monoisotopic (exact) mass is 306 g/mol. The Morgan fingerprint density at radius 2 is 2.09 bits per heavy atom. The van der Waals surface area contributed by atoms with Crippen molar-refractivity contribution in [3.63, 3.8) is 0 Å². The maximum Gasteiger partial charge on any atom is 0.410 e. The van der Waals surface area contributed by atoms with E-state index in [-0.39, 0.29) is 24.0 Å². The normalized spacial score (nSPS) is 21.5. The summed E-state index contributed by atoms with van der Waals surface area (Å²) in [7, 11) is 0. The third kappa shape index (κ3) is 3.24. The van der Waals surface area contributed by atoms with Crippen molar-refractivity contribution in [3.05, 3.63) is 35.1 Å². The predicted octanol–water partition coefficient (Wildman–Crippen LogP) is 3.02. The Balaban J connectivity index is 1.51. The number of nitrogens with zero attached hydrogens (tertiary/aromatic N) is 1. The number of carbonyl (C=O) groups excluding carboxylic acids is 1. The molecule has 120 valence electrons. The van der Waals surface area contributed by atoms with Gasteiger partial charge in [0, 0.05) is 25.2 Å². The summed E-state index contributed by atoms with van der Waals surface area (Å²) in [5.74, 6) is -0.167. The first-order chi connectivity index (χ1) is 10.3. The molecule has 1 N–H and O–H groups in total. The second-order valence-corrected chi connectivity index (χ2v) is 7.18. The third-order valence-corrected chi connectivity index (χ3v) is 4.15. The standard InChI is InChI=1S/C17H23FN2O2/c1-17(2,3)22-16(21)20-9-13(10-20)19-15-7-4-11-8-12(18)5-6-14(11)15/h5-6,8,13,15,19H,4,7,9-10H2,1-3H3. The fraction of sp³-hybridized carbons (Fsp3) is 0.588. The van der Waals surface area contributed by atoms with E-state index in [4.69, 9.17) is 4.74 Å². The van der Waals surface area contributed by atoms with Crippen LogP contribution in [0.5, 0.6) is 0 Å². The molecule has 1 atom stereocenters. The van der Waals surface area contributed by atoms with Gasteiger partial charge in [-0.3, -0.25) is 0 Å². The lowest BCUT2D eigenvalue weighted by atomic mass is 10.0. The molecule has 2 aliphatic rings. The van der Waals surface area contributed by atoms with Gasteiger partial charge in [-0.05, 0) is 56.9 Å². The zero-order valence-corrected chi connectivity index (χ0v) is 13.4. The summed E-state index contributed by atoms with van der Waals surface area (Å²) in [6.07, 6.45) is 1.65. The minimum atomic E-state index is -0.454. The highest BCUT2D eigenvalue weighted by atomic mass is 19.1. The molecule has 5 heteroatoms. The Bertz CT molecular complexity index is 577. The second kappa shape index (κ2) is 5.54. The number of ether oxygens (including phenoxy) is 1. The Morgan fingerprint density at radius 1 is 1.36 bits per heavy atom. The quantitative estimate of drug-likeness (QED) is 0.913. The predicted molar refractivity (Wildman–Crippen MR) is 82.2 cm³/mol. The number of aryl methyl sites for hydroxylation is 1. The minimum absolute atomic E-state index is 0.167. The number of rotatable bonds is 2. The van der Waals surface area contributed by atoms with Crippen LogP contribution in [0.15, 0.2) is 18.2 Å². The van der Waals surface area contributed by atoms with Gasteiger partial charge in [-0.2, -0.15) is 0 Å². The number of amides is 1. The van der Waals surface area contributed by atoms with Crippen molar-refractivity contribution in [3.8, 4) is 0 Å². The minimum Gasteiger partial charge on any atom is -0.444 e. The maximum absolute atomic E-state index is 13.2. The van der Waals surface area contributed by atoms with Gasteiger partial charge in [-0.1, -0.05) is 6.07 Å². The molecular weight excluding hydrogens is 283 g/mol. The van der Waals surface area contributed by atoms with Gasteiger partial charge in [-0.15, -0.1) is 0 Å². The Morgan fingerprint density at radius 3 is 2.77 bits per heavy atom. The average Bonchev–Trinajstić information content (AvgIpc) is 2.73. The molecule has 4 nitrogen and oxygen atoms in total. The van der Waals surface area contributed by atoms with Crippen LogP contribution < -0.4 is 5.32 Å². The number of fused-ring (bicyclic) bond motifs is 1. The summed E-state index contributed by atoms with van der Waals surface area (Å²) in [6, 6.07) is 5.58. The molecule has 1 aromatic rings. The summed E-state index contributed by atoms with van der Waals surface area (Å²) in [5, 5.41) is 3.57. The highest BCUT2D eigenvalue weighted by molar-refractivity contribution is 5.69. The van der Waals surface area contributed by atoms with E-state index in [1.807, 2.05) is 26.8 Å². The lowest BCUT2D eigenvalue weighted by Crippen LogP contribution is -2.60. The number of likely N-dealkylation sites (tertiary alicyclic amines) is 1. The topological polar surface area (TPSA) is 41.6 Å². The molecule has 0 saturated carbocycles. The molecule has 22 heavy (non-hydrogen) atoms. The number of benzene rings is 1. The lowest BCUT2D eigenvalue weighted by molar-refractivity contribution is 0.00415. The lowest BCUT2D eigenvalue weighted by Gasteiger charge is -2.41. The Hall–Kier alpha value is -1.62. The molecule has 0 spiro atoms.